The van der Waals surface area contributed by atoms with E-state index in [0.717, 1.165) is 42.0 Å². The number of rotatable bonds is 5. The van der Waals surface area contributed by atoms with Crippen molar-refractivity contribution in [1.82, 2.24) is 10.2 Å². The van der Waals surface area contributed by atoms with Crippen molar-refractivity contribution >= 4 is 22.6 Å². The fourth-order valence-corrected chi connectivity index (χ4v) is 4.79. The van der Waals surface area contributed by atoms with Crippen molar-refractivity contribution in [2.75, 3.05) is 13.1 Å². The zero-order valence-corrected chi connectivity index (χ0v) is 17.7. The molecule has 0 aromatic heterocycles. The Morgan fingerprint density at radius 3 is 2.42 bits per heavy atom. The van der Waals surface area contributed by atoms with Gasteiger partial charge in [-0.2, -0.15) is 0 Å². The van der Waals surface area contributed by atoms with E-state index in [9.17, 15) is 9.59 Å². The monoisotopic (exact) mass is 412 g/mol. The summed E-state index contributed by atoms with van der Waals surface area (Å²) in [6.07, 6.45) is 4.01. The van der Waals surface area contributed by atoms with Crippen LogP contribution in [0.25, 0.3) is 10.8 Å². The molecule has 2 amide bonds. The topological polar surface area (TPSA) is 49.4 Å². The van der Waals surface area contributed by atoms with E-state index in [0.29, 0.717) is 19.0 Å². The maximum Gasteiger partial charge on any atom is 0.254 e. The molecule has 1 aliphatic heterocycles. The predicted octanol–water partition coefficient (Wildman–Crippen LogP) is 4.96. The summed E-state index contributed by atoms with van der Waals surface area (Å²) in [7, 11) is 0. The summed E-state index contributed by atoms with van der Waals surface area (Å²) in [6, 6.07) is 24.2. The molecule has 1 N–H and O–H groups in total. The van der Waals surface area contributed by atoms with Crippen LogP contribution in [0.15, 0.2) is 72.8 Å². The largest absolute Gasteiger partial charge is 0.349 e. The second-order valence-electron chi connectivity index (χ2n) is 8.85. The van der Waals surface area contributed by atoms with Crippen molar-refractivity contribution in [3.8, 4) is 0 Å². The van der Waals surface area contributed by atoms with Crippen LogP contribution in [0.4, 0.5) is 0 Å². The van der Waals surface area contributed by atoms with Crippen LogP contribution >= 0.6 is 0 Å². The molecule has 31 heavy (non-hydrogen) atoms. The lowest BCUT2D eigenvalue weighted by molar-refractivity contribution is -0.127. The van der Waals surface area contributed by atoms with Gasteiger partial charge in [0.15, 0.2) is 0 Å². The van der Waals surface area contributed by atoms with Crippen molar-refractivity contribution in [3.05, 3.63) is 83.9 Å². The van der Waals surface area contributed by atoms with Crippen LogP contribution in [0.5, 0.6) is 0 Å². The summed E-state index contributed by atoms with van der Waals surface area (Å²) < 4.78 is 0. The number of piperidine rings is 1. The van der Waals surface area contributed by atoms with Crippen molar-refractivity contribution in [3.63, 3.8) is 0 Å². The Bertz CT molecular complexity index is 1090. The van der Waals surface area contributed by atoms with Gasteiger partial charge in [-0.1, -0.05) is 66.7 Å². The first kappa shape index (κ1) is 19.8. The minimum absolute atomic E-state index is 0.0242. The highest BCUT2D eigenvalue weighted by atomic mass is 16.2. The summed E-state index contributed by atoms with van der Waals surface area (Å²) in [6.45, 7) is 1.19. The molecule has 1 aliphatic carbocycles. The predicted molar refractivity (Wildman–Crippen MR) is 123 cm³/mol. The summed E-state index contributed by atoms with van der Waals surface area (Å²) in [5, 5.41) is 5.35. The van der Waals surface area contributed by atoms with Gasteiger partial charge in [0.05, 0.1) is 12.0 Å². The standard InChI is InChI=1S/C27H28N2O2/c30-26(28-25(21-15-16-21)20-9-2-1-3-10-20)22-12-7-17-29(18-22)27(31)24-14-6-11-19-8-4-5-13-23(19)24/h1-6,8-11,13-14,21-22,25H,7,12,15-18H2,(H,28,30). The zero-order chi connectivity index (χ0) is 21.2. The fraction of sp³-hybridized carbons (Fsp3) is 0.333. The summed E-state index contributed by atoms with van der Waals surface area (Å²) in [5.41, 5.74) is 1.90. The zero-order valence-electron chi connectivity index (χ0n) is 17.7. The van der Waals surface area contributed by atoms with Gasteiger partial charge in [0.2, 0.25) is 5.91 Å². The summed E-state index contributed by atoms with van der Waals surface area (Å²) >= 11 is 0. The van der Waals surface area contributed by atoms with Gasteiger partial charge in [-0.3, -0.25) is 9.59 Å². The maximum atomic E-state index is 13.3. The van der Waals surface area contributed by atoms with E-state index in [-0.39, 0.29) is 23.8 Å². The smallest absolute Gasteiger partial charge is 0.254 e. The third-order valence-electron chi connectivity index (χ3n) is 6.65. The number of fused-ring (bicyclic) bond motifs is 1. The average molecular weight is 413 g/mol. The van der Waals surface area contributed by atoms with Crippen molar-refractivity contribution in [1.29, 1.82) is 0 Å². The molecule has 158 valence electrons. The molecular weight excluding hydrogens is 384 g/mol. The van der Waals surface area contributed by atoms with Crippen LogP contribution in [0.3, 0.4) is 0 Å². The Labute approximate surface area is 183 Å². The molecule has 0 spiro atoms. The molecule has 1 heterocycles. The van der Waals surface area contributed by atoms with Crippen molar-refractivity contribution < 1.29 is 9.59 Å². The number of nitrogens with zero attached hydrogens (tertiary/aromatic N) is 1. The van der Waals surface area contributed by atoms with Gasteiger partial charge >= 0.3 is 0 Å². The van der Waals surface area contributed by atoms with Gasteiger partial charge in [0, 0.05) is 18.7 Å². The number of hydrogen-bond acceptors (Lipinski definition) is 2. The molecule has 2 aliphatic rings. The highest BCUT2D eigenvalue weighted by Crippen LogP contribution is 2.41. The van der Waals surface area contributed by atoms with Gasteiger partial charge in [-0.15, -0.1) is 0 Å². The number of carbonyl (C=O) groups excluding carboxylic acids is 2. The van der Waals surface area contributed by atoms with E-state index in [2.05, 4.69) is 17.4 Å². The quantitative estimate of drug-likeness (QED) is 0.644. The Hall–Kier alpha value is -3.14. The summed E-state index contributed by atoms with van der Waals surface area (Å²) in [5.74, 6) is 0.480. The molecule has 2 atom stereocenters. The molecule has 1 saturated heterocycles. The highest BCUT2D eigenvalue weighted by Gasteiger charge is 2.36. The molecule has 1 saturated carbocycles. The minimum Gasteiger partial charge on any atom is -0.349 e. The third-order valence-corrected chi connectivity index (χ3v) is 6.65. The van der Waals surface area contributed by atoms with Gasteiger partial charge in [-0.25, -0.2) is 0 Å². The first-order chi connectivity index (χ1) is 15.2. The Kier molecular flexibility index (Phi) is 5.46. The highest BCUT2D eigenvalue weighted by molar-refractivity contribution is 6.07. The SMILES string of the molecule is O=C(NC(c1ccccc1)C1CC1)C1CCCN(C(=O)c2cccc3ccccc23)C1. The number of amides is 2. The molecule has 4 heteroatoms. The molecule has 0 bridgehead atoms. The van der Waals surface area contributed by atoms with E-state index in [4.69, 9.17) is 0 Å². The van der Waals surface area contributed by atoms with Crippen LogP contribution in [0, 0.1) is 11.8 Å². The molecule has 3 aromatic carbocycles. The number of benzene rings is 3. The first-order valence-electron chi connectivity index (χ1n) is 11.3. The van der Waals surface area contributed by atoms with Crippen molar-refractivity contribution in [2.24, 2.45) is 11.8 Å². The Morgan fingerprint density at radius 1 is 0.871 bits per heavy atom. The molecule has 4 nitrogen and oxygen atoms in total. The van der Waals surface area contributed by atoms with Gasteiger partial charge in [0.25, 0.3) is 5.91 Å². The van der Waals surface area contributed by atoms with Crippen molar-refractivity contribution in [2.45, 2.75) is 31.7 Å². The third kappa shape index (κ3) is 4.20. The normalized spacial score (nSPS) is 19.7. The Morgan fingerprint density at radius 2 is 1.61 bits per heavy atom. The molecule has 5 rings (SSSR count). The van der Waals surface area contributed by atoms with E-state index < -0.39 is 0 Å². The lowest BCUT2D eigenvalue weighted by atomic mass is 9.94. The van der Waals surface area contributed by atoms with E-state index in [1.165, 1.54) is 5.56 Å². The number of likely N-dealkylation sites (tertiary alicyclic amines) is 1. The first-order valence-corrected chi connectivity index (χ1v) is 11.3. The van der Waals surface area contributed by atoms with Gasteiger partial charge in [-0.05, 0) is 54.0 Å². The molecule has 2 fully saturated rings. The minimum atomic E-state index is -0.155. The van der Waals surface area contributed by atoms with Crippen LogP contribution in [0.1, 0.15) is 47.6 Å². The fourth-order valence-electron chi connectivity index (χ4n) is 4.79. The Balaban J connectivity index is 1.30. The molecule has 2 unspecified atom stereocenters. The van der Waals surface area contributed by atoms with E-state index >= 15 is 0 Å². The van der Waals surface area contributed by atoms with Crippen LogP contribution in [-0.2, 0) is 4.79 Å². The van der Waals surface area contributed by atoms with Crippen LogP contribution in [-0.4, -0.2) is 29.8 Å². The number of nitrogens with one attached hydrogen (secondary N) is 1. The molecule has 3 aromatic rings. The van der Waals surface area contributed by atoms with Crippen LogP contribution in [0.2, 0.25) is 0 Å². The lowest BCUT2D eigenvalue weighted by Crippen LogP contribution is -2.46. The second kappa shape index (κ2) is 8.54. The number of hydrogen-bond donors (Lipinski definition) is 1. The second-order valence-corrected chi connectivity index (χ2v) is 8.85. The number of carbonyl (C=O) groups is 2. The molecular formula is C27H28N2O2. The van der Waals surface area contributed by atoms with Gasteiger partial charge < -0.3 is 10.2 Å². The summed E-state index contributed by atoms with van der Waals surface area (Å²) in [4.78, 5) is 28.4. The van der Waals surface area contributed by atoms with E-state index in [1.807, 2.05) is 65.6 Å². The average Bonchev–Trinajstić information content (AvgIpc) is 3.67. The van der Waals surface area contributed by atoms with Crippen LogP contribution < -0.4 is 5.32 Å². The van der Waals surface area contributed by atoms with Gasteiger partial charge in [0.1, 0.15) is 0 Å². The lowest BCUT2D eigenvalue weighted by Gasteiger charge is -2.33. The maximum absolute atomic E-state index is 13.3. The molecule has 0 radical (unpaired) electrons. The van der Waals surface area contributed by atoms with E-state index in [1.54, 1.807) is 0 Å².